The number of benzene rings is 3. The van der Waals surface area contributed by atoms with E-state index in [1.807, 2.05) is 36.4 Å². The minimum Gasteiger partial charge on any atom is -0.469 e. The highest BCUT2D eigenvalue weighted by Gasteiger charge is 2.25. The van der Waals surface area contributed by atoms with Gasteiger partial charge in [0.25, 0.3) is 10.0 Å². The molecule has 0 bridgehead atoms. The molecule has 4 aromatic rings. The van der Waals surface area contributed by atoms with Crippen molar-refractivity contribution in [3.63, 3.8) is 0 Å². The number of halogens is 1. The summed E-state index contributed by atoms with van der Waals surface area (Å²) in [6.07, 6.45) is 1.10. The summed E-state index contributed by atoms with van der Waals surface area (Å²) in [5.41, 5.74) is 1.16. The summed E-state index contributed by atoms with van der Waals surface area (Å²) in [6, 6.07) is 19.6. The van der Waals surface area contributed by atoms with Crippen LogP contribution in [0.25, 0.3) is 21.7 Å². The summed E-state index contributed by atoms with van der Waals surface area (Å²) in [6.45, 7) is 0. The average Bonchev–Trinajstić information content (AvgIpc) is 3.11. The lowest BCUT2D eigenvalue weighted by Gasteiger charge is -2.14. The third-order valence-electron chi connectivity index (χ3n) is 5.10. The molecule has 0 fully saturated rings. The predicted molar refractivity (Wildman–Crippen MR) is 118 cm³/mol. The smallest absolute Gasteiger partial charge is 0.305 e. The van der Waals surface area contributed by atoms with Crippen LogP contribution in [0, 0.1) is 0 Å². The van der Waals surface area contributed by atoms with Gasteiger partial charge in [0, 0.05) is 27.9 Å². The average molecular weight is 442 g/mol. The Morgan fingerprint density at radius 2 is 1.77 bits per heavy atom. The van der Waals surface area contributed by atoms with E-state index in [-0.39, 0.29) is 17.3 Å². The summed E-state index contributed by atoms with van der Waals surface area (Å²) in [5.74, 6) is -0.322. The zero-order chi connectivity index (χ0) is 21.3. The summed E-state index contributed by atoms with van der Waals surface area (Å²) < 4.78 is 33.7. The standard InChI is InChI=1S/C23H20ClNO4S/c1-29-23(26)11-5-8-19-15-17-14-18(24)12-13-21(17)25(19)30(27,28)22-10-4-7-16-6-2-3-9-20(16)22/h2-4,6-7,9-10,12-15H,5,8,11H2,1H3. The maximum Gasteiger partial charge on any atom is 0.305 e. The summed E-state index contributed by atoms with van der Waals surface area (Å²) in [5, 5.41) is 2.78. The van der Waals surface area contributed by atoms with Crippen LogP contribution in [0.5, 0.6) is 0 Å². The molecular weight excluding hydrogens is 422 g/mol. The van der Waals surface area contributed by atoms with Gasteiger partial charge >= 0.3 is 5.97 Å². The van der Waals surface area contributed by atoms with Crippen LogP contribution in [0.1, 0.15) is 18.5 Å². The minimum atomic E-state index is -3.89. The molecule has 0 N–H and O–H groups in total. The molecule has 0 amide bonds. The van der Waals surface area contributed by atoms with Gasteiger partial charge in [0.2, 0.25) is 0 Å². The molecule has 3 aromatic carbocycles. The Kier molecular flexibility index (Phi) is 5.54. The number of hydrogen-bond donors (Lipinski definition) is 0. The van der Waals surface area contributed by atoms with Gasteiger partial charge in [-0.3, -0.25) is 4.79 Å². The van der Waals surface area contributed by atoms with E-state index in [9.17, 15) is 13.2 Å². The third-order valence-corrected chi connectivity index (χ3v) is 7.16. The fourth-order valence-electron chi connectivity index (χ4n) is 3.71. The minimum absolute atomic E-state index is 0.215. The van der Waals surface area contributed by atoms with E-state index < -0.39 is 10.0 Å². The van der Waals surface area contributed by atoms with Gasteiger partial charge in [0.1, 0.15) is 0 Å². The van der Waals surface area contributed by atoms with Gasteiger partial charge in [-0.2, -0.15) is 0 Å². The second-order valence-electron chi connectivity index (χ2n) is 7.02. The van der Waals surface area contributed by atoms with Gasteiger partial charge < -0.3 is 4.74 Å². The molecule has 0 saturated carbocycles. The fraction of sp³-hybridized carbons (Fsp3) is 0.174. The molecular formula is C23H20ClNO4S. The van der Waals surface area contributed by atoms with Gasteiger partial charge in [0.05, 0.1) is 17.5 Å². The maximum atomic E-state index is 13.8. The van der Waals surface area contributed by atoms with Crippen molar-refractivity contribution in [2.75, 3.05) is 7.11 Å². The Morgan fingerprint density at radius 3 is 2.57 bits per heavy atom. The number of aromatic nitrogens is 1. The van der Waals surface area contributed by atoms with Gasteiger partial charge in [-0.15, -0.1) is 0 Å². The molecule has 7 heteroatoms. The molecule has 1 aromatic heterocycles. The highest BCUT2D eigenvalue weighted by Crippen LogP contribution is 2.31. The van der Waals surface area contributed by atoms with Crippen molar-refractivity contribution in [2.45, 2.75) is 24.2 Å². The van der Waals surface area contributed by atoms with Crippen molar-refractivity contribution in [1.29, 1.82) is 0 Å². The van der Waals surface area contributed by atoms with E-state index >= 15 is 0 Å². The van der Waals surface area contributed by atoms with Crippen LogP contribution in [0.2, 0.25) is 5.02 Å². The first-order valence-corrected chi connectivity index (χ1v) is 11.3. The molecule has 1 heterocycles. The van der Waals surface area contributed by atoms with Crippen molar-refractivity contribution in [1.82, 2.24) is 3.97 Å². The number of rotatable bonds is 6. The summed E-state index contributed by atoms with van der Waals surface area (Å²) in [4.78, 5) is 11.7. The lowest BCUT2D eigenvalue weighted by Crippen LogP contribution is -2.16. The number of fused-ring (bicyclic) bond motifs is 2. The molecule has 0 spiro atoms. The van der Waals surface area contributed by atoms with E-state index in [1.165, 1.54) is 11.1 Å². The molecule has 5 nitrogen and oxygen atoms in total. The second kappa shape index (κ2) is 8.13. The quantitative estimate of drug-likeness (QED) is 0.387. The highest BCUT2D eigenvalue weighted by atomic mass is 35.5. The molecule has 4 rings (SSSR count). The van der Waals surface area contributed by atoms with Crippen LogP contribution in [-0.4, -0.2) is 25.5 Å². The van der Waals surface area contributed by atoms with Crippen molar-refractivity contribution in [3.05, 3.63) is 77.4 Å². The Labute approximate surface area is 179 Å². The topological polar surface area (TPSA) is 65.4 Å². The molecule has 0 atom stereocenters. The summed E-state index contributed by atoms with van der Waals surface area (Å²) >= 11 is 6.13. The number of aryl methyl sites for hydroxylation is 1. The normalized spacial score (nSPS) is 11.8. The van der Waals surface area contributed by atoms with Crippen LogP contribution in [-0.2, 0) is 26.0 Å². The fourth-order valence-corrected chi connectivity index (χ4v) is 5.68. The summed E-state index contributed by atoms with van der Waals surface area (Å²) in [7, 11) is -2.55. The van der Waals surface area contributed by atoms with Crippen LogP contribution < -0.4 is 0 Å². The highest BCUT2D eigenvalue weighted by molar-refractivity contribution is 7.90. The van der Waals surface area contributed by atoms with Crippen molar-refractivity contribution in [3.8, 4) is 0 Å². The SMILES string of the molecule is COC(=O)CCCc1cc2cc(Cl)ccc2n1S(=O)(=O)c1cccc2ccccc12. The van der Waals surface area contributed by atoms with Gasteiger partial charge in [0.15, 0.2) is 0 Å². The van der Waals surface area contributed by atoms with Crippen molar-refractivity contribution in [2.24, 2.45) is 0 Å². The molecule has 0 radical (unpaired) electrons. The van der Waals surface area contributed by atoms with E-state index in [0.717, 1.165) is 10.8 Å². The zero-order valence-electron chi connectivity index (χ0n) is 16.3. The number of esters is 1. The molecule has 30 heavy (non-hydrogen) atoms. The molecule has 0 unspecified atom stereocenters. The van der Waals surface area contributed by atoms with Gasteiger partial charge in [-0.1, -0.05) is 48.0 Å². The van der Waals surface area contributed by atoms with Crippen molar-refractivity contribution >= 4 is 49.3 Å². The number of hydrogen-bond acceptors (Lipinski definition) is 4. The first kappa shape index (κ1) is 20.4. The van der Waals surface area contributed by atoms with Crippen LogP contribution >= 0.6 is 11.6 Å². The zero-order valence-corrected chi connectivity index (χ0v) is 17.9. The molecule has 0 saturated heterocycles. The monoisotopic (exact) mass is 441 g/mol. The largest absolute Gasteiger partial charge is 0.469 e. The second-order valence-corrected chi connectivity index (χ2v) is 9.21. The number of carbonyl (C=O) groups is 1. The Morgan fingerprint density at radius 1 is 1.00 bits per heavy atom. The van der Waals surface area contributed by atoms with Gasteiger partial charge in [-0.05, 0) is 48.6 Å². The van der Waals surface area contributed by atoms with E-state index in [1.54, 1.807) is 30.3 Å². The van der Waals surface area contributed by atoms with Crippen LogP contribution in [0.3, 0.4) is 0 Å². The molecule has 0 aliphatic rings. The van der Waals surface area contributed by atoms with Crippen molar-refractivity contribution < 1.29 is 17.9 Å². The van der Waals surface area contributed by atoms with Crippen LogP contribution in [0.4, 0.5) is 0 Å². The lowest BCUT2D eigenvalue weighted by atomic mass is 10.1. The Balaban J connectivity index is 1.89. The predicted octanol–water partition coefficient (Wildman–Crippen LogP) is 5.18. The molecule has 0 aliphatic carbocycles. The lowest BCUT2D eigenvalue weighted by molar-refractivity contribution is -0.140. The Bertz CT molecular complexity index is 1350. The van der Waals surface area contributed by atoms with E-state index in [4.69, 9.17) is 16.3 Å². The first-order valence-electron chi connectivity index (χ1n) is 9.52. The van der Waals surface area contributed by atoms with E-state index in [0.29, 0.717) is 34.5 Å². The third kappa shape index (κ3) is 3.68. The molecule has 154 valence electrons. The Hall–Kier alpha value is -2.83. The van der Waals surface area contributed by atoms with Gasteiger partial charge in [-0.25, -0.2) is 12.4 Å². The number of methoxy groups -OCH3 is 1. The molecule has 0 aliphatic heterocycles. The van der Waals surface area contributed by atoms with Crippen LogP contribution in [0.15, 0.2) is 71.6 Å². The first-order chi connectivity index (χ1) is 14.4. The van der Waals surface area contributed by atoms with E-state index in [2.05, 4.69) is 0 Å². The maximum absolute atomic E-state index is 13.8. The number of nitrogens with zero attached hydrogens (tertiary/aromatic N) is 1. The number of ether oxygens (including phenoxy) is 1. The number of carbonyl (C=O) groups excluding carboxylic acids is 1.